The standard InChI is InChI=1S/C9H14O3/c10-9(11)7-12-8-5-3-1-2-4-6-8/h1-2,8H,3-7H2,(H,10,11). The average Bonchev–Trinajstić information content (AvgIpc) is 2.28. The van der Waals surface area contributed by atoms with Crippen molar-refractivity contribution in [3.8, 4) is 0 Å². The molecule has 0 fully saturated rings. The average molecular weight is 170 g/mol. The van der Waals surface area contributed by atoms with Gasteiger partial charge in [0.05, 0.1) is 6.10 Å². The van der Waals surface area contributed by atoms with Crippen molar-refractivity contribution < 1.29 is 14.6 Å². The fourth-order valence-corrected chi connectivity index (χ4v) is 1.30. The highest BCUT2D eigenvalue weighted by molar-refractivity contribution is 5.68. The fraction of sp³-hybridized carbons (Fsp3) is 0.667. The van der Waals surface area contributed by atoms with Crippen LogP contribution >= 0.6 is 0 Å². The van der Waals surface area contributed by atoms with Gasteiger partial charge < -0.3 is 9.84 Å². The third-order valence-electron chi connectivity index (χ3n) is 1.92. The number of aliphatic carboxylic acids is 1. The van der Waals surface area contributed by atoms with Gasteiger partial charge in [0.1, 0.15) is 6.61 Å². The molecule has 0 saturated heterocycles. The number of hydrogen-bond donors (Lipinski definition) is 1. The van der Waals surface area contributed by atoms with Gasteiger partial charge in [-0.25, -0.2) is 4.79 Å². The highest BCUT2D eigenvalue weighted by Gasteiger charge is 2.10. The number of rotatable bonds is 3. The SMILES string of the molecule is O=C(O)COC1CCC=CCC1. The number of hydrogen-bond acceptors (Lipinski definition) is 2. The van der Waals surface area contributed by atoms with Gasteiger partial charge in [0.25, 0.3) is 0 Å². The van der Waals surface area contributed by atoms with Crippen LogP contribution in [0.4, 0.5) is 0 Å². The second kappa shape index (κ2) is 4.93. The summed E-state index contributed by atoms with van der Waals surface area (Å²) in [5, 5.41) is 8.37. The molecule has 0 radical (unpaired) electrons. The van der Waals surface area contributed by atoms with Gasteiger partial charge in [-0.3, -0.25) is 0 Å². The van der Waals surface area contributed by atoms with E-state index in [-0.39, 0.29) is 12.7 Å². The topological polar surface area (TPSA) is 46.5 Å². The summed E-state index contributed by atoms with van der Waals surface area (Å²) in [6.45, 7) is -0.162. The summed E-state index contributed by atoms with van der Waals surface area (Å²) in [6, 6.07) is 0. The lowest BCUT2D eigenvalue weighted by Gasteiger charge is -2.12. The van der Waals surface area contributed by atoms with Crippen LogP contribution in [-0.4, -0.2) is 23.8 Å². The molecule has 0 aromatic rings. The first-order valence-electron chi connectivity index (χ1n) is 4.27. The first-order valence-corrected chi connectivity index (χ1v) is 4.27. The molecule has 1 aliphatic rings. The molecule has 0 saturated carbocycles. The number of allylic oxidation sites excluding steroid dienone is 2. The Balaban J connectivity index is 2.19. The minimum absolute atomic E-state index is 0.135. The van der Waals surface area contributed by atoms with Crippen LogP contribution in [0.3, 0.4) is 0 Å². The Bertz CT molecular complexity index is 165. The Morgan fingerprint density at radius 3 is 2.50 bits per heavy atom. The first kappa shape index (κ1) is 9.26. The van der Waals surface area contributed by atoms with E-state index in [1.807, 2.05) is 0 Å². The molecule has 3 nitrogen and oxygen atoms in total. The zero-order valence-electron chi connectivity index (χ0n) is 7.03. The van der Waals surface area contributed by atoms with Gasteiger partial charge in [0.2, 0.25) is 0 Å². The maximum atomic E-state index is 10.2. The maximum absolute atomic E-state index is 10.2. The molecule has 1 N–H and O–H groups in total. The number of carboxylic acids is 1. The van der Waals surface area contributed by atoms with E-state index in [0.717, 1.165) is 25.7 Å². The molecule has 0 spiro atoms. The molecule has 0 amide bonds. The van der Waals surface area contributed by atoms with Crippen molar-refractivity contribution in [2.75, 3.05) is 6.61 Å². The predicted octanol–water partition coefficient (Wildman–Crippen LogP) is 1.59. The maximum Gasteiger partial charge on any atom is 0.329 e. The lowest BCUT2D eigenvalue weighted by Crippen LogP contribution is -2.17. The number of ether oxygens (including phenoxy) is 1. The monoisotopic (exact) mass is 170 g/mol. The number of carboxylic acid groups (broad SMARTS) is 1. The lowest BCUT2D eigenvalue weighted by atomic mass is 10.1. The number of carbonyl (C=O) groups is 1. The van der Waals surface area contributed by atoms with Crippen LogP contribution < -0.4 is 0 Å². The Labute approximate surface area is 72.0 Å². The minimum atomic E-state index is -0.882. The van der Waals surface area contributed by atoms with Crippen LogP contribution in [-0.2, 0) is 9.53 Å². The van der Waals surface area contributed by atoms with Crippen molar-refractivity contribution >= 4 is 5.97 Å². The second-order valence-corrected chi connectivity index (χ2v) is 2.95. The van der Waals surface area contributed by atoms with Crippen molar-refractivity contribution in [3.05, 3.63) is 12.2 Å². The molecule has 1 aliphatic carbocycles. The molecule has 0 atom stereocenters. The third kappa shape index (κ3) is 3.53. The van der Waals surface area contributed by atoms with Gasteiger partial charge in [-0.15, -0.1) is 0 Å². The van der Waals surface area contributed by atoms with E-state index in [9.17, 15) is 4.79 Å². The zero-order valence-corrected chi connectivity index (χ0v) is 7.03. The lowest BCUT2D eigenvalue weighted by molar-refractivity contribution is -0.144. The molecule has 0 bridgehead atoms. The van der Waals surface area contributed by atoms with Gasteiger partial charge in [0, 0.05) is 0 Å². The summed E-state index contributed by atoms with van der Waals surface area (Å²) in [5.74, 6) is -0.882. The van der Waals surface area contributed by atoms with Gasteiger partial charge in [-0.05, 0) is 25.7 Å². The van der Waals surface area contributed by atoms with Gasteiger partial charge in [-0.1, -0.05) is 12.2 Å². The van der Waals surface area contributed by atoms with E-state index in [0.29, 0.717) is 0 Å². The van der Waals surface area contributed by atoms with Crippen LogP contribution in [0.15, 0.2) is 12.2 Å². The highest BCUT2D eigenvalue weighted by Crippen LogP contribution is 2.14. The molecule has 3 heteroatoms. The summed E-state index contributed by atoms with van der Waals surface area (Å²) in [7, 11) is 0. The molecular formula is C9H14O3. The molecular weight excluding hydrogens is 156 g/mol. The summed E-state index contributed by atoms with van der Waals surface area (Å²) < 4.78 is 5.18. The first-order chi connectivity index (χ1) is 5.79. The third-order valence-corrected chi connectivity index (χ3v) is 1.92. The van der Waals surface area contributed by atoms with Crippen LogP contribution in [0, 0.1) is 0 Å². The van der Waals surface area contributed by atoms with Gasteiger partial charge in [0.15, 0.2) is 0 Å². The molecule has 12 heavy (non-hydrogen) atoms. The summed E-state index contributed by atoms with van der Waals surface area (Å²) in [5.41, 5.74) is 0. The van der Waals surface area contributed by atoms with E-state index in [1.165, 1.54) is 0 Å². The molecule has 0 aromatic carbocycles. The highest BCUT2D eigenvalue weighted by atomic mass is 16.5. The summed E-state index contributed by atoms with van der Waals surface area (Å²) in [4.78, 5) is 10.2. The van der Waals surface area contributed by atoms with Gasteiger partial charge in [-0.2, -0.15) is 0 Å². The Morgan fingerprint density at radius 2 is 2.00 bits per heavy atom. The summed E-state index contributed by atoms with van der Waals surface area (Å²) >= 11 is 0. The molecule has 0 aliphatic heterocycles. The predicted molar refractivity (Wildman–Crippen MR) is 45.0 cm³/mol. The van der Waals surface area contributed by atoms with Crippen molar-refractivity contribution in [3.63, 3.8) is 0 Å². The van der Waals surface area contributed by atoms with Crippen LogP contribution in [0.2, 0.25) is 0 Å². The smallest absolute Gasteiger partial charge is 0.329 e. The Kier molecular flexibility index (Phi) is 3.80. The largest absolute Gasteiger partial charge is 0.480 e. The Morgan fingerprint density at radius 1 is 1.42 bits per heavy atom. The molecule has 1 rings (SSSR count). The van der Waals surface area contributed by atoms with Crippen molar-refractivity contribution in [1.82, 2.24) is 0 Å². The van der Waals surface area contributed by atoms with E-state index < -0.39 is 5.97 Å². The van der Waals surface area contributed by atoms with E-state index in [4.69, 9.17) is 9.84 Å². The molecule has 0 unspecified atom stereocenters. The van der Waals surface area contributed by atoms with Crippen molar-refractivity contribution in [1.29, 1.82) is 0 Å². The van der Waals surface area contributed by atoms with Crippen molar-refractivity contribution in [2.24, 2.45) is 0 Å². The molecule has 0 heterocycles. The fourth-order valence-electron chi connectivity index (χ4n) is 1.30. The molecule has 0 aromatic heterocycles. The van der Waals surface area contributed by atoms with E-state index >= 15 is 0 Å². The summed E-state index contributed by atoms with van der Waals surface area (Å²) in [6.07, 6.45) is 8.30. The zero-order chi connectivity index (χ0) is 8.81. The van der Waals surface area contributed by atoms with E-state index in [1.54, 1.807) is 0 Å². The van der Waals surface area contributed by atoms with Gasteiger partial charge >= 0.3 is 5.97 Å². The van der Waals surface area contributed by atoms with Crippen LogP contribution in [0.1, 0.15) is 25.7 Å². The minimum Gasteiger partial charge on any atom is -0.480 e. The van der Waals surface area contributed by atoms with Crippen LogP contribution in [0.25, 0.3) is 0 Å². The quantitative estimate of drug-likeness (QED) is 0.654. The molecule has 68 valence electrons. The normalized spacial score (nSPS) is 19.0. The van der Waals surface area contributed by atoms with Crippen molar-refractivity contribution in [2.45, 2.75) is 31.8 Å². The second-order valence-electron chi connectivity index (χ2n) is 2.95. The Hall–Kier alpha value is -0.830. The van der Waals surface area contributed by atoms with E-state index in [2.05, 4.69) is 12.2 Å². The van der Waals surface area contributed by atoms with Crippen LogP contribution in [0.5, 0.6) is 0 Å².